The number of hydrogen-bond acceptors (Lipinski definition) is 7. The standard InChI is InChI=1S/C16H19N5O2/c1-9(2)23-13-5-4-10(6-11(13)8-22-3)14-12(7-17)15(18)21-16(19)20-14/h4-6,9H,8H2,1-3H3,(H4,18,19,20,21). The molecule has 23 heavy (non-hydrogen) atoms. The molecule has 0 radical (unpaired) electrons. The largest absolute Gasteiger partial charge is 0.491 e. The van der Waals surface area contributed by atoms with Gasteiger partial charge in [0.15, 0.2) is 0 Å². The molecule has 0 atom stereocenters. The zero-order valence-corrected chi connectivity index (χ0v) is 13.3. The number of nitriles is 1. The Kier molecular flexibility index (Phi) is 4.98. The van der Waals surface area contributed by atoms with E-state index in [1.807, 2.05) is 32.0 Å². The molecular formula is C16H19N5O2. The first kappa shape index (κ1) is 16.5. The number of anilines is 2. The van der Waals surface area contributed by atoms with Crippen LogP contribution in [0.15, 0.2) is 18.2 Å². The number of hydrogen-bond donors (Lipinski definition) is 2. The second kappa shape index (κ2) is 6.94. The fraction of sp³-hybridized carbons (Fsp3) is 0.312. The van der Waals surface area contributed by atoms with Crippen LogP contribution in [0, 0.1) is 11.3 Å². The fourth-order valence-corrected chi connectivity index (χ4v) is 2.18. The molecule has 1 heterocycles. The summed E-state index contributed by atoms with van der Waals surface area (Å²) >= 11 is 0. The van der Waals surface area contributed by atoms with Gasteiger partial charge >= 0.3 is 0 Å². The van der Waals surface area contributed by atoms with Gasteiger partial charge in [0.25, 0.3) is 0 Å². The molecule has 1 aromatic carbocycles. The molecule has 0 unspecified atom stereocenters. The van der Waals surface area contributed by atoms with Crippen molar-refractivity contribution in [3.05, 3.63) is 29.3 Å². The average Bonchev–Trinajstić information content (AvgIpc) is 2.48. The van der Waals surface area contributed by atoms with Crippen molar-refractivity contribution in [3.63, 3.8) is 0 Å². The number of methoxy groups -OCH3 is 1. The summed E-state index contributed by atoms with van der Waals surface area (Å²) in [6.45, 7) is 4.27. The van der Waals surface area contributed by atoms with Crippen molar-refractivity contribution in [3.8, 4) is 23.1 Å². The van der Waals surface area contributed by atoms with E-state index in [4.69, 9.17) is 20.9 Å². The van der Waals surface area contributed by atoms with Crippen LogP contribution in [-0.4, -0.2) is 23.2 Å². The van der Waals surface area contributed by atoms with Crippen molar-refractivity contribution in [1.29, 1.82) is 5.26 Å². The van der Waals surface area contributed by atoms with E-state index in [-0.39, 0.29) is 23.4 Å². The third kappa shape index (κ3) is 3.67. The van der Waals surface area contributed by atoms with Gasteiger partial charge in [0.2, 0.25) is 5.95 Å². The van der Waals surface area contributed by atoms with Gasteiger partial charge in [-0.3, -0.25) is 0 Å². The van der Waals surface area contributed by atoms with E-state index in [9.17, 15) is 5.26 Å². The number of rotatable bonds is 5. The zero-order valence-electron chi connectivity index (χ0n) is 13.3. The maximum atomic E-state index is 9.30. The van der Waals surface area contributed by atoms with Crippen molar-refractivity contribution in [1.82, 2.24) is 9.97 Å². The Morgan fingerprint density at radius 3 is 2.61 bits per heavy atom. The monoisotopic (exact) mass is 313 g/mol. The molecule has 120 valence electrons. The molecule has 0 saturated heterocycles. The van der Waals surface area contributed by atoms with Gasteiger partial charge in [-0.2, -0.15) is 10.2 Å². The summed E-state index contributed by atoms with van der Waals surface area (Å²) in [4.78, 5) is 7.97. The minimum absolute atomic E-state index is 0.0206. The molecule has 7 nitrogen and oxygen atoms in total. The summed E-state index contributed by atoms with van der Waals surface area (Å²) in [6, 6.07) is 7.49. The Morgan fingerprint density at radius 2 is 2.00 bits per heavy atom. The van der Waals surface area contributed by atoms with Crippen molar-refractivity contribution >= 4 is 11.8 Å². The van der Waals surface area contributed by atoms with Crippen molar-refractivity contribution < 1.29 is 9.47 Å². The van der Waals surface area contributed by atoms with Gasteiger partial charge in [-0.25, -0.2) is 4.98 Å². The van der Waals surface area contributed by atoms with E-state index >= 15 is 0 Å². The molecular weight excluding hydrogens is 294 g/mol. The van der Waals surface area contributed by atoms with E-state index < -0.39 is 0 Å². The maximum absolute atomic E-state index is 9.30. The summed E-state index contributed by atoms with van der Waals surface area (Å²) in [5, 5.41) is 9.30. The van der Waals surface area contributed by atoms with Gasteiger partial charge < -0.3 is 20.9 Å². The lowest BCUT2D eigenvalue weighted by molar-refractivity contribution is 0.175. The van der Waals surface area contributed by atoms with Crippen molar-refractivity contribution in [2.75, 3.05) is 18.6 Å². The van der Waals surface area contributed by atoms with Crippen LogP contribution in [0.4, 0.5) is 11.8 Å². The highest BCUT2D eigenvalue weighted by atomic mass is 16.5. The van der Waals surface area contributed by atoms with Gasteiger partial charge in [0.05, 0.1) is 18.4 Å². The van der Waals surface area contributed by atoms with Gasteiger partial charge in [-0.05, 0) is 32.0 Å². The fourth-order valence-electron chi connectivity index (χ4n) is 2.18. The van der Waals surface area contributed by atoms with E-state index in [0.29, 0.717) is 17.9 Å². The summed E-state index contributed by atoms with van der Waals surface area (Å²) in [6.07, 6.45) is 0.0384. The summed E-state index contributed by atoms with van der Waals surface area (Å²) in [5.74, 6) is 0.803. The second-order valence-corrected chi connectivity index (χ2v) is 5.22. The lowest BCUT2D eigenvalue weighted by Gasteiger charge is -2.15. The third-order valence-corrected chi connectivity index (χ3v) is 3.06. The minimum Gasteiger partial charge on any atom is -0.491 e. The van der Waals surface area contributed by atoms with Crippen LogP contribution in [0.5, 0.6) is 5.75 Å². The lowest BCUT2D eigenvalue weighted by Crippen LogP contribution is -2.08. The van der Waals surface area contributed by atoms with Crippen LogP contribution in [0.3, 0.4) is 0 Å². The third-order valence-electron chi connectivity index (χ3n) is 3.06. The Labute approximate surface area is 134 Å². The van der Waals surface area contributed by atoms with E-state index in [1.54, 1.807) is 13.2 Å². The molecule has 1 aromatic heterocycles. The first-order chi connectivity index (χ1) is 11.0. The molecule has 0 bridgehead atoms. The van der Waals surface area contributed by atoms with Gasteiger partial charge in [-0.15, -0.1) is 0 Å². The average molecular weight is 313 g/mol. The highest BCUT2D eigenvalue weighted by molar-refractivity contribution is 5.74. The SMILES string of the molecule is COCc1cc(-c2nc(N)nc(N)c2C#N)ccc1OC(C)C. The van der Waals surface area contributed by atoms with Crippen molar-refractivity contribution in [2.45, 2.75) is 26.6 Å². The molecule has 0 aliphatic rings. The van der Waals surface area contributed by atoms with Crippen LogP contribution >= 0.6 is 0 Å². The van der Waals surface area contributed by atoms with Gasteiger partial charge in [0, 0.05) is 18.2 Å². The quantitative estimate of drug-likeness (QED) is 0.867. The van der Waals surface area contributed by atoms with Gasteiger partial charge in [-0.1, -0.05) is 0 Å². The zero-order chi connectivity index (χ0) is 17.0. The minimum atomic E-state index is 0.0206. The number of aromatic nitrogens is 2. The van der Waals surface area contributed by atoms with E-state index in [1.165, 1.54) is 0 Å². The predicted octanol–water partition coefficient (Wildman–Crippen LogP) is 2.11. The Bertz CT molecular complexity index is 753. The molecule has 0 aliphatic heterocycles. The van der Waals surface area contributed by atoms with Crippen LogP contribution in [0.25, 0.3) is 11.3 Å². The maximum Gasteiger partial charge on any atom is 0.222 e. The molecule has 0 fully saturated rings. The molecule has 7 heteroatoms. The number of nitrogens with two attached hydrogens (primary N) is 2. The highest BCUT2D eigenvalue weighted by Gasteiger charge is 2.15. The lowest BCUT2D eigenvalue weighted by atomic mass is 10.0. The number of nitrogens with zero attached hydrogens (tertiary/aromatic N) is 3. The first-order valence-corrected chi connectivity index (χ1v) is 7.08. The van der Waals surface area contributed by atoms with Crippen LogP contribution in [0.2, 0.25) is 0 Å². The first-order valence-electron chi connectivity index (χ1n) is 7.08. The second-order valence-electron chi connectivity index (χ2n) is 5.22. The smallest absolute Gasteiger partial charge is 0.222 e. The molecule has 0 aliphatic carbocycles. The Hall–Kier alpha value is -2.85. The number of ether oxygens (including phenoxy) is 2. The molecule has 4 N–H and O–H groups in total. The van der Waals surface area contributed by atoms with Gasteiger partial charge in [0.1, 0.15) is 23.2 Å². The summed E-state index contributed by atoms with van der Waals surface area (Å²) in [7, 11) is 1.60. The van der Waals surface area contributed by atoms with Crippen LogP contribution < -0.4 is 16.2 Å². The Morgan fingerprint density at radius 1 is 1.26 bits per heavy atom. The topological polar surface area (TPSA) is 120 Å². The summed E-state index contributed by atoms with van der Waals surface area (Å²) < 4.78 is 11.0. The molecule has 2 aromatic rings. The summed E-state index contributed by atoms with van der Waals surface area (Å²) in [5.41, 5.74) is 13.5. The van der Waals surface area contributed by atoms with E-state index in [0.717, 1.165) is 11.3 Å². The van der Waals surface area contributed by atoms with Crippen molar-refractivity contribution in [2.24, 2.45) is 0 Å². The highest BCUT2D eigenvalue weighted by Crippen LogP contribution is 2.30. The number of nitrogen functional groups attached to an aromatic ring is 2. The predicted molar refractivity (Wildman–Crippen MR) is 87.5 cm³/mol. The molecule has 2 rings (SSSR count). The molecule has 0 saturated carbocycles. The van der Waals surface area contributed by atoms with Crippen LogP contribution in [-0.2, 0) is 11.3 Å². The molecule has 0 amide bonds. The normalized spacial score (nSPS) is 10.6. The van der Waals surface area contributed by atoms with E-state index in [2.05, 4.69) is 9.97 Å². The Balaban J connectivity index is 2.57. The molecule has 0 spiro atoms. The number of benzene rings is 1. The van der Waals surface area contributed by atoms with Crippen LogP contribution in [0.1, 0.15) is 25.0 Å².